The summed E-state index contributed by atoms with van der Waals surface area (Å²) in [7, 11) is 0. The molecule has 4 heteroatoms. The lowest BCUT2D eigenvalue weighted by Crippen LogP contribution is -2.24. The number of aliphatic hydroxyl groups is 2. The molecule has 0 aliphatic rings. The van der Waals surface area contributed by atoms with Crippen LogP contribution in [0.15, 0.2) is 0 Å². The van der Waals surface area contributed by atoms with Crippen molar-refractivity contribution in [1.82, 2.24) is 6.15 Å². The lowest BCUT2D eigenvalue weighted by atomic mass is 9.93. The smallest absolute Gasteiger partial charge is 0.0490 e. The standard InChI is InChI=1S/C23H47ClO2.H3N/c1-2-3-4-5-6-7-8-9-10-11-12-13-14-15-16-17-18-23(24,19-21-25)20-22-26;/h25-26H,2-22H2,1H3;1H3. The molecule has 166 valence electrons. The Morgan fingerprint density at radius 1 is 0.519 bits per heavy atom. The summed E-state index contributed by atoms with van der Waals surface area (Å²) in [4.78, 5) is -0.389. The minimum atomic E-state index is -0.389. The van der Waals surface area contributed by atoms with Gasteiger partial charge in [-0.15, -0.1) is 11.6 Å². The molecule has 0 bridgehead atoms. The number of hydrogen-bond acceptors (Lipinski definition) is 3. The molecule has 0 amide bonds. The van der Waals surface area contributed by atoms with Crippen molar-refractivity contribution in [3.63, 3.8) is 0 Å². The fourth-order valence-electron chi connectivity index (χ4n) is 3.77. The molecule has 27 heavy (non-hydrogen) atoms. The second-order valence-electron chi connectivity index (χ2n) is 8.15. The van der Waals surface area contributed by atoms with Gasteiger partial charge in [0.25, 0.3) is 0 Å². The highest BCUT2D eigenvalue weighted by Crippen LogP contribution is 2.30. The molecule has 5 N–H and O–H groups in total. The largest absolute Gasteiger partial charge is 0.396 e. The Hall–Kier alpha value is 0.170. The molecule has 0 spiro atoms. The molecule has 0 aromatic carbocycles. The quantitative estimate of drug-likeness (QED) is 0.136. The van der Waals surface area contributed by atoms with Crippen molar-refractivity contribution in [3.05, 3.63) is 0 Å². The van der Waals surface area contributed by atoms with Gasteiger partial charge >= 0.3 is 0 Å². The zero-order valence-corrected chi connectivity index (χ0v) is 19.1. The van der Waals surface area contributed by atoms with Gasteiger partial charge < -0.3 is 16.4 Å². The van der Waals surface area contributed by atoms with Gasteiger partial charge in [-0.3, -0.25) is 0 Å². The fraction of sp³-hybridized carbons (Fsp3) is 1.00. The van der Waals surface area contributed by atoms with Gasteiger partial charge in [-0.25, -0.2) is 0 Å². The molecule has 0 rings (SSSR count). The summed E-state index contributed by atoms with van der Waals surface area (Å²) in [6, 6.07) is 0. The molecule has 0 saturated heterocycles. The summed E-state index contributed by atoms with van der Waals surface area (Å²) in [5.41, 5.74) is 0. The number of unbranched alkanes of at least 4 members (excludes halogenated alkanes) is 15. The van der Waals surface area contributed by atoms with Crippen LogP contribution in [0.25, 0.3) is 0 Å². The van der Waals surface area contributed by atoms with Crippen LogP contribution < -0.4 is 6.15 Å². The normalized spacial score (nSPS) is 11.6. The zero-order chi connectivity index (χ0) is 19.3. The molecule has 0 aliphatic carbocycles. The summed E-state index contributed by atoms with van der Waals surface area (Å²) in [6.07, 6.45) is 24.1. The average molecular weight is 408 g/mol. The third kappa shape index (κ3) is 20.7. The topological polar surface area (TPSA) is 75.5 Å². The number of aliphatic hydroxyl groups excluding tert-OH is 2. The third-order valence-electron chi connectivity index (χ3n) is 5.60. The Morgan fingerprint density at radius 3 is 1.11 bits per heavy atom. The van der Waals surface area contributed by atoms with Crippen molar-refractivity contribution >= 4 is 11.6 Å². The molecule has 0 radical (unpaired) electrons. The zero-order valence-electron chi connectivity index (χ0n) is 18.3. The molecule has 0 heterocycles. The Labute approximate surface area is 175 Å². The van der Waals surface area contributed by atoms with Gasteiger partial charge in [0.15, 0.2) is 0 Å². The molecule has 0 aromatic rings. The summed E-state index contributed by atoms with van der Waals surface area (Å²) in [5.74, 6) is 0. The second-order valence-corrected chi connectivity index (χ2v) is 8.95. The minimum absolute atomic E-state index is 0. The van der Waals surface area contributed by atoms with E-state index in [0.29, 0.717) is 12.8 Å². The van der Waals surface area contributed by atoms with Crippen molar-refractivity contribution in [2.75, 3.05) is 13.2 Å². The average Bonchev–Trinajstić information content (AvgIpc) is 2.62. The molecule has 0 fully saturated rings. The first-order valence-corrected chi connectivity index (χ1v) is 12.0. The predicted octanol–water partition coefficient (Wildman–Crippen LogP) is 7.54. The summed E-state index contributed by atoms with van der Waals surface area (Å²) in [6.45, 7) is 2.51. The Kier molecular flexibility index (Phi) is 24.4. The maximum atomic E-state index is 9.10. The molecule has 0 atom stereocenters. The monoisotopic (exact) mass is 407 g/mol. The van der Waals surface area contributed by atoms with E-state index in [9.17, 15) is 0 Å². The molecule has 3 nitrogen and oxygen atoms in total. The van der Waals surface area contributed by atoms with Gasteiger partial charge in [-0.05, 0) is 19.3 Å². The maximum Gasteiger partial charge on any atom is 0.0490 e. The van der Waals surface area contributed by atoms with Gasteiger partial charge in [0.1, 0.15) is 0 Å². The fourth-order valence-corrected chi connectivity index (χ4v) is 4.07. The van der Waals surface area contributed by atoms with E-state index >= 15 is 0 Å². The Morgan fingerprint density at radius 2 is 0.815 bits per heavy atom. The predicted molar refractivity (Wildman–Crippen MR) is 121 cm³/mol. The first-order chi connectivity index (χ1) is 12.7. The van der Waals surface area contributed by atoms with Crippen LogP contribution in [0.3, 0.4) is 0 Å². The first-order valence-electron chi connectivity index (χ1n) is 11.6. The van der Waals surface area contributed by atoms with Crippen molar-refractivity contribution in [1.29, 1.82) is 0 Å². The van der Waals surface area contributed by atoms with Crippen molar-refractivity contribution in [2.45, 2.75) is 134 Å². The minimum Gasteiger partial charge on any atom is -0.396 e. The summed E-state index contributed by atoms with van der Waals surface area (Å²) < 4.78 is 0. The third-order valence-corrected chi connectivity index (χ3v) is 6.17. The van der Waals surface area contributed by atoms with Crippen molar-refractivity contribution < 1.29 is 10.2 Å². The van der Waals surface area contributed by atoms with Crippen LogP contribution in [0.4, 0.5) is 0 Å². The van der Waals surface area contributed by atoms with Gasteiger partial charge in [0.05, 0.1) is 0 Å². The molecule has 0 aliphatic heterocycles. The lowest BCUT2D eigenvalue weighted by Gasteiger charge is -2.25. The SMILES string of the molecule is CCCCCCCCCCCCCCCCCCC(Cl)(CCO)CCO.N. The Balaban J connectivity index is 0. The van der Waals surface area contributed by atoms with Gasteiger partial charge in [0.2, 0.25) is 0 Å². The molecule has 0 unspecified atom stereocenters. The number of rotatable bonds is 21. The van der Waals surface area contributed by atoms with Crippen molar-refractivity contribution in [2.24, 2.45) is 0 Å². The second kappa shape index (κ2) is 22.5. The Bertz CT molecular complexity index is 271. The molecule has 0 saturated carbocycles. The van der Waals surface area contributed by atoms with Gasteiger partial charge in [-0.1, -0.05) is 110 Å². The van der Waals surface area contributed by atoms with E-state index in [1.807, 2.05) is 0 Å². The molecular weight excluding hydrogens is 358 g/mol. The highest BCUT2D eigenvalue weighted by atomic mass is 35.5. The van der Waals surface area contributed by atoms with E-state index in [1.54, 1.807) is 0 Å². The lowest BCUT2D eigenvalue weighted by molar-refractivity contribution is 0.220. The molecular formula is C23H50ClNO2. The highest BCUT2D eigenvalue weighted by molar-refractivity contribution is 6.23. The van der Waals surface area contributed by atoms with Gasteiger partial charge in [-0.2, -0.15) is 0 Å². The van der Waals surface area contributed by atoms with E-state index in [0.717, 1.165) is 12.8 Å². The van der Waals surface area contributed by atoms with Crippen molar-refractivity contribution in [3.8, 4) is 0 Å². The van der Waals surface area contributed by atoms with E-state index in [2.05, 4.69) is 6.92 Å². The van der Waals surface area contributed by atoms with Crippen LogP contribution in [0.2, 0.25) is 0 Å². The van der Waals surface area contributed by atoms with E-state index in [-0.39, 0.29) is 24.2 Å². The van der Waals surface area contributed by atoms with Crippen LogP contribution in [0, 0.1) is 0 Å². The summed E-state index contributed by atoms with van der Waals surface area (Å²) >= 11 is 6.48. The van der Waals surface area contributed by atoms with Gasteiger partial charge in [0, 0.05) is 18.1 Å². The van der Waals surface area contributed by atoms with Crippen LogP contribution in [0.1, 0.15) is 129 Å². The van der Waals surface area contributed by atoms with Crippen LogP contribution in [-0.2, 0) is 0 Å². The molecule has 0 aromatic heterocycles. The van der Waals surface area contributed by atoms with E-state index in [4.69, 9.17) is 21.8 Å². The van der Waals surface area contributed by atoms with Crippen LogP contribution in [0.5, 0.6) is 0 Å². The summed E-state index contributed by atoms with van der Waals surface area (Å²) in [5, 5.41) is 18.2. The number of hydrogen-bond donors (Lipinski definition) is 3. The number of alkyl halides is 1. The number of halogens is 1. The highest BCUT2D eigenvalue weighted by Gasteiger charge is 2.25. The van der Waals surface area contributed by atoms with E-state index in [1.165, 1.54) is 96.3 Å². The first kappa shape index (κ1) is 29.4. The maximum absolute atomic E-state index is 9.10. The van der Waals surface area contributed by atoms with Crippen LogP contribution >= 0.6 is 11.6 Å². The van der Waals surface area contributed by atoms with E-state index < -0.39 is 0 Å². The van der Waals surface area contributed by atoms with Crippen LogP contribution in [-0.4, -0.2) is 28.3 Å².